The van der Waals surface area contributed by atoms with Crippen LogP contribution >= 0.6 is 12.0 Å². The third-order valence-corrected chi connectivity index (χ3v) is 2.91. The summed E-state index contributed by atoms with van der Waals surface area (Å²) in [6.07, 6.45) is 1.92. The van der Waals surface area contributed by atoms with Gasteiger partial charge in [0.25, 0.3) is 0 Å². The molecule has 1 aliphatic rings. The maximum atomic E-state index is 5.72. The fourth-order valence-corrected chi connectivity index (χ4v) is 2.00. The van der Waals surface area contributed by atoms with Gasteiger partial charge in [-0.25, -0.2) is 0 Å². The summed E-state index contributed by atoms with van der Waals surface area (Å²) < 4.78 is 10.9. The van der Waals surface area contributed by atoms with Crippen LogP contribution < -0.4 is 15.4 Å². The molecule has 1 aromatic rings. The molecule has 88 valence electrons. The average Bonchev–Trinajstić information content (AvgIpc) is 2.29. The lowest BCUT2D eigenvalue weighted by atomic mass is 10.2. The van der Waals surface area contributed by atoms with Crippen molar-refractivity contribution >= 4 is 23.4 Å². The smallest absolute Gasteiger partial charge is 0.144 e. The van der Waals surface area contributed by atoms with Gasteiger partial charge in [-0.3, -0.25) is 0 Å². The molecule has 0 unspecified atom stereocenters. The Hall–Kier alpha value is -1.07. The Morgan fingerprint density at radius 3 is 3.25 bits per heavy atom. The minimum absolute atomic E-state index is 0.704. The van der Waals surface area contributed by atoms with Crippen LogP contribution in [0.1, 0.15) is 0 Å². The van der Waals surface area contributed by atoms with Crippen molar-refractivity contribution in [2.45, 2.75) is 0 Å². The lowest BCUT2D eigenvalue weighted by Gasteiger charge is -2.31. The van der Waals surface area contributed by atoms with Crippen molar-refractivity contribution in [3.8, 4) is 5.75 Å². The standard InChI is InChI=1S/C11H16N2O2S/c1-16-15-7-5-13-4-6-14-11-8-9(12)2-3-10(11)13/h2-3,8H,4-7,12H2,1H3. The first-order valence-electron chi connectivity index (χ1n) is 5.24. The summed E-state index contributed by atoms with van der Waals surface area (Å²) >= 11 is 1.40. The highest BCUT2D eigenvalue weighted by molar-refractivity contribution is 7.93. The molecular formula is C11H16N2O2S. The van der Waals surface area contributed by atoms with E-state index in [1.165, 1.54) is 12.0 Å². The normalized spacial score (nSPS) is 14.4. The summed E-state index contributed by atoms with van der Waals surface area (Å²) in [5.74, 6) is 0.871. The molecule has 16 heavy (non-hydrogen) atoms. The Bertz CT molecular complexity index is 360. The quantitative estimate of drug-likeness (QED) is 0.494. The molecule has 5 heteroatoms. The van der Waals surface area contributed by atoms with Crippen LogP contribution in [0.15, 0.2) is 18.2 Å². The van der Waals surface area contributed by atoms with Crippen LogP contribution in [0.4, 0.5) is 11.4 Å². The molecule has 1 aliphatic heterocycles. The monoisotopic (exact) mass is 240 g/mol. The summed E-state index contributed by atoms with van der Waals surface area (Å²) in [5, 5.41) is 0. The summed E-state index contributed by atoms with van der Waals surface area (Å²) in [6.45, 7) is 3.19. The van der Waals surface area contributed by atoms with Gasteiger partial charge in [0, 0.05) is 24.6 Å². The van der Waals surface area contributed by atoms with Crippen molar-refractivity contribution in [2.24, 2.45) is 0 Å². The Kier molecular flexibility index (Phi) is 3.79. The minimum Gasteiger partial charge on any atom is -0.489 e. The molecule has 0 radical (unpaired) electrons. The van der Waals surface area contributed by atoms with E-state index in [1.807, 2.05) is 24.5 Å². The molecule has 0 bridgehead atoms. The first kappa shape index (κ1) is 11.4. The van der Waals surface area contributed by atoms with E-state index in [2.05, 4.69) is 4.90 Å². The number of nitrogens with zero attached hydrogens (tertiary/aromatic N) is 1. The molecule has 2 N–H and O–H groups in total. The predicted octanol–water partition coefficient (Wildman–Crippen LogP) is 1.76. The highest BCUT2D eigenvalue weighted by Gasteiger charge is 2.17. The number of hydrogen-bond acceptors (Lipinski definition) is 5. The zero-order valence-electron chi connectivity index (χ0n) is 9.31. The number of ether oxygens (including phenoxy) is 1. The van der Waals surface area contributed by atoms with Crippen LogP contribution in [0.25, 0.3) is 0 Å². The zero-order valence-corrected chi connectivity index (χ0v) is 10.1. The second-order valence-electron chi connectivity index (χ2n) is 3.55. The molecule has 0 aliphatic carbocycles. The third kappa shape index (κ3) is 2.54. The number of nitrogen functional groups attached to an aromatic ring is 1. The van der Waals surface area contributed by atoms with Gasteiger partial charge in [-0.05, 0) is 24.2 Å². The van der Waals surface area contributed by atoms with Crippen molar-refractivity contribution in [2.75, 3.05) is 43.2 Å². The van der Waals surface area contributed by atoms with Gasteiger partial charge < -0.3 is 19.6 Å². The van der Waals surface area contributed by atoms with Gasteiger partial charge in [-0.2, -0.15) is 0 Å². The predicted molar refractivity (Wildman–Crippen MR) is 68.0 cm³/mol. The molecule has 0 saturated heterocycles. The van der Waals surface area contributed by atoms with Crippen molar-refractivity contribution in [3.63, 3.8) is 0 Å². The summed E-state index contributed by atoms with van der Waals surface area (Å²) in [6, 6.07) is 5.77. The van der Waals surface area contributed by atoms with E-state index in [0.717, 1.165) is 30.2 Å². The fraction of sp³-hybridized carbons (Fsp3) is 0.455. The average molecular weight is 240 g/mol. The SMILES string of the molecule is CSOCCN1CCOc2cc(N)ccc21. The van der Waals surface area contributed by atoms with E-state index < -0.39 is 0 Å². The molecule has 2 rings (SSSR count). The lowest BCUT2D eigenvalue weighted by Crippen LogP contribution is -2.35. The number of rotatable bonds is 4. The molecule has 4 nitrogen and oxygen atoms in total. The molecule has 0 aromatic heterocycles. The number of anilines is 2. The van der Waals surface area contributed by atoms with Gasteiger partial charge in [0.2, 0.25) is 0 Å². The van der Waals surface area contributed by atoms with Crippen LogP contribution in [0.3, 0.4) is 0 Å². The third-order valence-electron chi connectivity index (χ3n) is 2.51. The van der Waals surface area contributed by atoms with Crippen molar-refractivity contribution < 1.29 is 8.92 Å². The van der Waals surface area contributed by atoms with Crippen LogP contribution in [0, 0.1) is 0 Å². The van der Waals surface area contributed by atoms with Crippen molar-refractivity contribution in [1.82, 2.24) is 0 Å². The molecule has 1 aromatic carbocycles. The molecule has 1 heterocycles. The van der Waals surface area contributed by atoms with Crippen LogP contribution in [-0.4, -0.2) is 32.6 Å². The zero-order chi connectivity index (χ0) is 11.4. The van der Waals surface area contributed by atoms with Gasteiger partial charge >= 0.3 is 0 Å². The van der Waals surface area contributed by atoms with Crippen LogP contribution in [-0.2, 0) is 4.18 Å². The topological polar surface area (TPSA) is 47.7 Å². The molecule has 0 spiro atoms. The molecule has 0 fully saturated rings. The summed E-state index contributed by atoms with van der Waals surface area (Å²) in [5.41, 5.74) is 7.56. The van der Waals surface area contributed by atoms with Gasteiger partial charge in [-0.1, -0.05) is 0 Å². The first-order valence-corrected chi connectivity index (χ1v) is 6.39. The van der Waals surface area contributed by atoms with Gasteiger partial charge in [0.05, 0.1) is 18.8 Å². The van der Waals surface area contributed by atoms with E-state index in [0.29, 0.717) is 13.2 Å². The maximum absolute atomic E-state index is 5.72. The lowest BCUT2D eigenvalue weighted by molar-refractivity contribution is 0.299. The Morgan fingerprint density at radius 2 is 2.44 bits per heavy atom. The summed E-state index contributed by atoms with van der Waals surface area (Å²) in [4.78, 5) is 2.26. The largest absolute Gasteiger partial charge is 0.489 e. The highest BCUT2D eigenvalue weighted by Crippen LogP contribution is 2.32. The van der Waals surface area contributed by atoms with E-state index in [9.17, 15) is 0 Å². The van der Waals surface area contributed by atoms with Gasteiger partial charge in [0.15, 0.2) is 0 Å². The van der Waals surface area contributed by atoms with E-state index in [-0.39, 0.29) is 0 Å². The minimum atomic E-state index is 0.704. The number of fused-ring (bicyclic) bond motifs is 1. The van der Waals surface area contributed by atoms with Crippen molar-refractivity contribution in [1.29, 1.82) is 0 Å². The Balaban J connectivity index is 2.07. The van der Waals surface area contributed by atoms with Gasteiger partial charge in [0.1, 0.15) is 12.4 Å². The number of nitrogens with two attached hydrogens (primary N) is 1. The second-order valence-corrected chi connectivity index (χ2v) is 4.12. The second kappa shape index (κ2) is 5.32. The Morgan fingerprint density at radius 1 is 1.56 bits per heavy atom. The highest BCUT2D eigenvalue weighted by atomic mass is 32.2. The number of hydrogen-bond donors (Lipinski definition) is 1. The molecule has 0 amide bonds. The number of benzene rings is 1. The Labute approximate surface area is 99.9 Å². The van der Waals surface area contributed by atoms with Crippen LogP contribution in [0.2, 0.25) is 0 Å². The maximum Gasteiger partial charge on any atom is 0.144 e. The van der Waals surface area contributed by atoms with E-state index in [1.54, 1.807) is 0 Å². The molecule has 0 saturated carbocycles. The van der Waals surface area contributed by atoms with Crippen LogP contribution in [0.5, 0.6) is 5.75 Å². The first-order chi connectivity index (χ1) is 7.81. The summed E-state index contributed by atoms with van der Waals surface area (Å²) in [7, 11) is 0. The molecule has 0 atom stereocenters. The van der Waals surface area contributed by atoms with E-state index >= 15 is 0 Å². The van der Waals surface area contributed by atoms with Gasteiger partial charge in [-0.15, -0.1) is 0 Å². The van der Waals surface area contributed by atoms with E-state index in [4.69, 9.17) is 14.7 Å². The molecular weight excluding hydrogens is 224 g/mol. The fourth-order valence-electron chi connectivity index (χ4n) is 1.76. The van der Waals surface area contributed by atoms with Crippen molar-refractivity contribution in [3.05, 3.63) is 18.2 Å².